The second-order valence-corrected chi connectivity index (χ2v) is 18.0. The molecule has 0 saturated heterocycles. The summed E-state index contributed by atoms with van der Waals surface area (Å²) in [5.41, 5.74) is 0. The van der Waals surface area contributed by atoms with Gasteiger partial charge in [-0.2, -0.15) is 0 Å². The van der Waals surface area contributed by atoms with E-state index in [0.717, 1.165) is 103 Å². The molecule has 0 aromatic heterocycles. The van der Waals surface area contributed by atoms with E-state index < -0.39 is 75.7 Å². The number of aliphatic hydroxyl groups is 5. The second kappa shape index (κ2) is 38.8. The molecule has 0 amide bonds. The van der Waals surface area contributed by atoms with Gasteiger partial charge in [0, 0.05) is 12.8 Å². The predicted octanol–water partition coefficient (Wildman–Crippen LogP) is 9.73. The van der Waals surface area contributed by atoms with Gasteiger partial charge in [0.05, 0.1) is 6.61 Å². The van der Waals surface area contributed by atoms with Crippen LogP contribution in [0.5, 0.6) is 0 Å². The minimum Gasteiger partial charge on any atom is -0.462 e. The minimum atomic E-state index is -5.13. The highest BCUT2D eigenvalue weighted by Gasteiger charge is 2.51. The summed E-state index contributed by atoms with van der Waals surface area (Å²) in [7, 11) is -5.13. The summed E-state index contributed by atoms with van der Waals surface area (Å²) < 4.78 is 33.5. The van der Waals surface area contributed by atoms with E-state index in [2.05, 4.69) is 74.6 Å². The zero-order chi connectivity index (χ0) is 46.4. The highest BCUT2D eigenvalue weighted by atomic mass is 31.2. The summed E-state index contributed by atoms with van der Waals surface area (Å²) in [6.45, 7) is 3.22. The third-order valence-corrected chi connectivity index (χ3v) is 11.8. The lowest BCUT2D eigenvalue weighted by atomic mass is 9.85. The van der Waals surface area contributed by atoms with E-state index in [0.29, 0.717) is 12.8 Å². The first kappa shape index (κ1) is 58.6. The molecule has 0 bridgehead atoms. The van der Waals surface area contributed by atoms with Crippen LogP contribution >= 0.6 is 7.82 Å². The highest BCUT2D eigenvalue weighted by molar-refractivity contribution is 7.47. The van der Waals surface area contributed by atoms with Gasteiger partial charge in [-0.3, -0.25) is 18.6 Å². The maximum atomic E-state index is 12.8. The number of hydrogen-bond acceptors (Lipinski definition) is 12. The average Bonchev–Trinajstić information content (AvgIpc) is 3.26. The summed E-state index contributed by atoms with van der Waals surface area (Å²) in [5, 5.41) is 50.2. The SMILES string of the molecule is CCCCCC=CCC=CCC=CCCCCCCCCC(=O)O[C@H](COC(=O)CCCCCCCC=CCC=CCCCCC)COP(=O)(O)OC1C(O)C(O)C(O)[C@@H](O)C1O. The maximum Gasteiger partial charge on any atom is 0.472 e. The van der Waals surface area contributed by atoms with Crippen LogP contribution in [0.2, 0.25) is 0 Å². The topological polar surface area (TPSA) is 210 Å². The number of phosphoric ester groups is 1. The number of allylic oxidation sites excluding steroid dienone is 10. The Morgan fingerprint density at radius 2 is 0.857 bits per heavy atom. The molecular formula is C49H85O13P. The van der Waals surface area contributed by atoms with E-state index in [1.807, 2.05) is 0 Å². The lowest BCUT2D eigenvalue weighted by molar-refractivity contribution is -0.220. The van der Waals surface area contributed by atoms with Gasteiger partial charge < -0.3 is 39.9 Å². The second-order valence-electron chi connectivity index (χ2n) is 16.6. The largest absolute Gasteiger partial charge is 0.472 e. The number of ether oxygens (including phenoxy) is 2. The molecule has 364 valence electrons. The Morgan fingerprint density at radius 1 is 0.492 bits per heavy atom. The summed E-state index contributed by atoms with van der Waals surface area (Å²) >= 11 is 0. The lowest BCUT2D eigenvalue weighted by Crippen LogP contribution is -2.64. The quantitative estimate of drug-likeness (QED) is 0.0147. The van der Waals surface area contributed by atoms with Crippen LogP contribution in [0.25, 0.3) is 0 Å². The van der Waals surface area contributed by atoms with Gasteiger partial charge in [0.1, 0.15) is 43.2 Å². The molecule has 0 radical (unpaired) electrons. The number of carbonyl (C=O) groups is 2. The Bertz CT molecular complexity index is 1330. The molecule has 13 nitrogen and oxygen atoms in total. The number of hydrogen-bond donors (Lipinski definition) is 6. The summed E-state index contributed by atoms with van der Waals surface area (Å²) in [5.74, 6) is -1.13. The standard InChI is InChI=1S/C49H85O13P/c1-3-5-7-9-11-13-15-17-19-20-21-22-24-26-28-30-32-34-36-38-43(51)61-41(40-60-63(57,58)62-49-47(55)45(53)44(52)46(54)48(49)56)39-59-42(50)37-35-33-31-29-27-25-23-18-16-14-12-10-8-6-4-2/h11-14,17-19,21-23,41,44-49,52-56H,3-10,15-16,20,24-40H2,1-2H3,(H,57,58)/t41-,44?,45-,46?,47?,48?,49?/m1/s1. The molecule has 1 fully saturated rings. The molecular weight excluding hydrogens is 828 g/mol. The summed E-state index contributed by atoms with van der Waals surface area (Å²) in [4.78, 5) is 35.7. The van der Waals surface area contributed by atoms with Crippen molar-refractivity contribution in [3.8, 4) is 0 Å². The maximum absolute atomic E-state index is 12.8. The van der Waals surface area contributed by atoms with Crippen molar-refractivity contribution in [3.05, 3.63) is 60.8 Å². The number of carbonyl (C=O) groups excluding carboxylic acids is 2. The van der Waals surface area contributed by atoms with Crippen molar-refractivity contribution >= 4 is 19.8 Å². The average molecular weight is 913 g/mol. The van der Waals surface area contributed by atoms with E-state index >= 15 is 0 Å². The van der Waals surface area contributed by atoms with Crippen molar-refractivity contribution in [3.63, 3.8) is 0 Å². The lowest BCUT2D eigenvalue weighted by Gasteiger charge is -2.41. The molecule has 1 saturated carbocycles. The fourth-order valence-corrected chi connectivity index (χ4v) is 7.88. The van der Waals surface area contributed by atoms with Gasteiger partial charge >= 0.3 is 19.8 Å². The molecule has 6 unspecified atom stereocenters. The van der Waals surface area contributed by atoms with Gasteiger partial charge in [-0.15, -0.1) is 0 Å². The van der Waals surface area contributed by atoms with Crippen molar-refractivity contribution in [2.24, 2.45) is 0 Å². The monoisotopic (exact) mass is 913 g/mol. The van der Waals surface area contributed by atoms with Crippen molar-refractivity contribution in [1.29, 1.82) is 0 Å². The van der Waals surface area contributed by atoms with Crippen LogP contribution in [0.3, 0.4) is 0 Å². The fraction of sp³-hybridized carbons (Fsp3) is 0.755. The first-order chi connectivity index (χ1) is 30.4. The molecule has 14 heteroatoms. The Balaban J connectivity index is 2.46. The number of esters is 2. The number of unbranched alkanes of at least 4 members (excludes halogenated alkanes) is 17. The molecule has 1 rings (SSSR count). The van der Waals surface area contributed by atoms with Gasteiger partial charge in [-0.05, 0) is 83.5 Å². The van der Waals surface area contributed by atoms with Crippen LogP contribution in [-0.2, 0) is 32.7 Å². The molecule has 63 heavy (non-hydrogen) atoms. The molecule has 1 aliphatic carbocycles. The van der Waals surface area contributed by atoms with Gasteiger partial charge in [0.2, 0.25) is 0 Å². The fourth-order valence-electron chi connectivity index (χ4n) is 6.91. The molecule has 0 spiro atoms. The van der Waals surface area contributed by atoms with Crippen molar-refractivity contribution in [2.45, 2.75) is 224 Å². The molecule has 0 aromatic rings. The first-order valence-corrected chi connectivity index (χ1v) is 25.6. The van der Waals surface area contributed by atoms with Gasteiger partial charge in [0.25, 0.3) is 0 Å². The van der Waals surface area contributed by atoms with Crippen LogP contribution in [0, 0.1) is 0 Å². The number of rotatable bonds is 39. The smallest absolute Gasteiger partial charge is 0.462 e. The normalized spacial score (nSPS) is 22.2. The van der Waals surface area contributed by atoms with E-state index in [1.165, 1.54) is 38.5 Å². The van der Waals surface area contributed by atoms with E-state index in [1.54, 1.807) is 0 Å². The Kier molecular flexibility index (Phi) is 36.1. The highest BCUT2D eigenvalue weighted by Crippen LogP contribution is 2.47. The molecule has 6 N–H and O–H groups in total. The summed E-state index contributed by atoms with van der Waals surface area (Å²) in [6.07, 6.45) is 34.0. The third kappa shape index (κ3) is 31.2. The number of aliphatic hydroxyl groups excluding tert-OH is 5. The zero-order valence-electron chi connectivity index (χ0n) is 38.6. The van der Waals surface area contributed by atoms with E-state index in [9.17, 15) is 44.6 Å². The van der Waals surface area contributed by atoms with Crippen LogP contribution in [0.1, 0.15) is 181 Å². The van der Waals surface area contributed by atoms with Gasteiger partial charge in [-0.1, -0.05) is 145 Å². The Labute approximate surface area is 379 Å². The molecule has 0 aliphatic heterocycles. The molecule has 0 aromatic carbocycles. The van der Waals surface area contributed by atoms with Crippen molar-refractivity contribution in [1.82, 2.24) is 0 Å². The number of phosphoric acid groups is 1. The predicted molar refractivity (Wildman–Crippen MR) is 249 cm³/mol. The van der Waals surface area contributed by atoms with E-state index in [4.69, 9.17) is 18.5 Å². The Hall–Kier alpha value is -2.45. The Morgan fingerprint density at radius 3 is 1.30 bits per heavy atom. The summed E-state index contributed by atoms with van der Waals surface area (Å²) in [6, 6.07) is 0. The molecule has 1 aliphatic rings. The van der Waals surface area contributed by atoms with Crippen LogP contribution in [-0.4, -0.2) is 98.3 Å². The zero-order valence-corrected chi connectivity index (χ0v) is 39.5. The van der Waals surface area contributed by atoms with Gasteiger partial charge in [-0.25, -0.2) is 4.57 Å². The molecule has 8 atom stereocenters. The van der Waals surface area contributed by atoms with Crippen LogP contribution < -0.4 is 0 Å². The van der Waals surface area contributed by atoms with Crippen molar-refractivity contribution in [2.75, 3.05) is 13.2 Å². The minimum absolute atomic E-state index is 0.0766. The van der Waals surface area contributed by atoms with Crippen molar-refractivity contribution < 1.29 is 63.1 Å². The third-order valence-electron chi connectivity index (χ3n) is 10.8. The first-order valence-electron chi connectivity index (χ1n) is 24.1. The van der Waals surface area contributed by atoms with Crippen LogP contribution in [0.4, 0.5) is 0 Å². The molecule has 0 heterocycles. The van der Waals surface area contributed by atoms with Crippen LogP contribution in [0.15, 0.2) is 60.8 Å². The van der Waals surface area contributed by atoms with Gasteiger partial charge in [0.15, 0.2) is 6.10 Å². The van der Waals surface area contributed by atoms with E-state index in [-0.39, 0.29) is 12.8 Å².